The first kappa shape index (κ1) is 10.2. The van der Waals surface area contributed by atoms with Gasteiger partial charge in [0.2, 0.25) is 11.7 Å². The number of pyridine rings is 1. The molecule has 2 heterocycles. The fraction of sp³-hybridized carbons (Fsp3) is 0.200. The molecule has 6 heteroatoms. The van der Waals surface area contributed by atoms with Gasteiger partial charge in [0.05, 0.1) is 12.3 Å². The Labute approximate surface area is 90.5 Å². The minimum absolute atomic E-state index is 0.299. The minimum atomic E-state index is -0.419. The van der Waals surface area contributed by atoms with Crippen molar-refractivity contribution >= 4 is 0 Å². The van der Waals surface area contributed by atoms with Gasteiger partial charge in [-0.15, -0.1) is 0 Å². The SMILES string of the molecule is N#CCCc1nc(-c2ccc(F)cn2)no1. The molecule has 0 spiro atoms. The van der Waals surface area contributed by atoms with Crippen LogP contribution in [-0.2, 0) is 6.42 Å². The molecular formula is C10H7FN4O. The van der Waals surface area contributed by atoms with Crippen LogP contribution >= 0.6 is 0 Å². The van der Waals surface area contributed by atoms with Crippen LogP contribution in [0.15, 0.2) is 22.9 Å². The number of aryl methyl sites for hydroxylation is 1. The molecule has 0 saturated carbocycles. The lowest BCUT2D eigenvalue weighted by molar-refractivity contribution is 0.380. The third-order valence-electron chi connectivity index (χ3n) is 1.88. The highest BCUT2D eigenvalue weighted by Gasteiger charge is 2.09. The van der Waals surface area contributed by atoms with Gasteiger partial charge in [0.15, 0.2) is 0 Å². The van der Waals surface area contributed by atoms with E-state index >= 15 is 0 Å². The molecule has 0 N–H and O–H groups in total. The molecule has 0 saturated heterocycles. The minimum Gasteiger partial charge on any atom is -0.339 e. The molecule has 0 amide bonds. The Kier molecular flexibility index (Phi) is 2.87. The highest BCUT2D eigenvalue weighted by molar-refractivity contribution is 5.47. The van der Waals surface area contributed by atoms with Crippen LogP contribution in [0, 0.1) is 17.1 Å². The van der Waals surface area contributed by atoms with Gasteiger partial charge in [-0.3, -0.25) is 0 Å². The summed E-state index contributed by atoms with van der Waals surface area (Å²) in [7, 11) is 0. The van der Waals surface area contributed by atoms with E-state index in [0.29, 0.717) is 30.3 Å². The molecule has 0 bridgehead atoms. The van der Waals surface area contributed by atoms with Gasteiger partial charge in [-0.25, -0.2) is 9.37 Å². The number of rotatable bonds is 3. The van der Waals surface area contributed by atoms with E-state index in [-0.39, 0.29) is 0 Å². The summed E-state index contributed by atoms with van der Waals surface area (Å²) in [6, 6.07) is 4.72. The fourth-order valence-corrected chi connectivity index (χ4v) is 1.13. The monoisotopic (exact) mass is 218 g/mol. The van der Waals surface area contributed by atoms with Crippen molar-refractivity contribution < 1.29 is 8.91 Å². The van der Waals surface area contributed by atoms with Crippen molar-refractivity contribution in [2.75, 3.05) is 0 Å². The van der Waals surface area contributed by atoms with E-state index in [9.17, 15) is 4.39 Å². The van der Waals surface area contributed by atoms with Crippen molar-refractivity contribution in [3.8, 4) is 17.6 Å². The molecule has 2 aromatic rings. The maximum absolute atomic E-state index is 12.6. The largest absolute Gasteiger partial charge is 0.339 e. The Morgan fingerprint density at radius 3 is 3.00 bits per heavy atom. The summed E-state index contributed by atoms with van der Waals surface area (Å²) in [5, 5.41) is 12.1. The maximum atomic E-state index is 12.6. The van der Waals surface area contributed by atoms with Gasteiger partial charge in [0.1, 0.15) is 11.5 Å². The molecule has 0 atom stereocenters. The second-order valence-corrected chi connectivity index (χ2v) is 3.03. The first-order valence-corrected chi connectivity index (χ1v) is 4.61. The van der Waals surface area contributed by atoms with Crippen molar-refractivity contribution in [3.63, 3.8) is 0 Å². The van der Waals surface area contributed by atoms with Crippen LogP contribution in [0.3, 0.4) is 0 Å². The molecule has 0 fully saturated rings. The number of nitrogens with zero attached hydrogens (tertiary/aromatic N) is 4. The van der Waals surface area contributed by atoms with Gasteiger partial charge >= 0.3 is 0 Å². The highest BCUT2D eigenvalue weighted by Crippen LogP contribution is 2.13. The molecule has 2 aromatic heterocycles. The molecule has 0 aliphatic rings. The lowest BCUT2D eigenvalue weighted by Crippen LogP contribution is -1.87. The van der Waals surface area contributed by atoms with Gasteiger partial charge in [-0.05, 0) is 12.1 Å². The molecule has 80 valence electrons. The Hall–Kier alpha value is -2.29. The normalized spacial score (nSPS) is 10.0. The van der Waals surface area contributed by atoms with Crippen LogP contribution in [0.25, 0.3) is 11.5 Å². The summed E-state index contributed by atoms with van der Waals surface area (Å²) in [6.45, 7) is 0. The van der Waals surface area contributed by atoms with Crippen molar-refractivity contribution in [2.24, 2.45) is 0 Å². The predicted octanol–water partition coefficient (Wildman–Crippen LogP) is 1.73. The summed E-state index contributed by atoms with van der Waals surface area (Å²) in [6.07, 6.45) is 1.81. The van der Waals surface area contributed by atoms with Gasteiger partial charge < -0.3 is 4.52 Å². The molecule has 0 unspecified atom stereocenters. The fourth-order valence-electron chi connectivity index (χ4n) is 1.13. The van der Waals surface area contributed by atoms with Gasteiger partial charge in [-0.2, -0.15) is 10.2 Å². The average molecular weight is 218 g/mol. The Balaban J connectivity index is 2.18. The standard InChI is InChI=1S/C10H7FN4O/c11-7-3-4-8(13-6-7)10-14-9(16-15-10)2-1-5-12/h3-4,6H,1-2H2. The second-order valence-electron chi connectivity index (χ2n) is 3.03. The van der Waals surface area contributed by atoms with Crippen LogP contribution in [0.2, 0.25) is 0 Å². The molecule has 0 radical (unpaired) electrons. The van der Waals surface area contributed by atoms with Crippen molar-refractivity contribution in [2.45, 2.75) is 12.8 Å². The van der Waals surface area contributed by atoms with E-state index in [1.165, 1.54) is 12.1 Å². The van der Waals surface area contributed by atoms with Crippen molar-refractivity contribution in [3.05, 3.63) is 30.0 Å². The summed E-state index contributed by atoms with van der Waals surface area (Å²) < 4.78 is 17.5. The van der Waals surface area contributed by atoms with Gasteiger partial charge in [0.25, 0.3) is 0 Å². The molecule has 5 nitrogen and oxygen atoms in total. The predicted molar refractivity (Wildman–Crippen MR) is 51.4 cm³/mol. The molecule has 0 aliphatic heterocycles. The zero-order chi connectivity index (χ0) is 11.4. The summed E-state index contributed by atoms with van der Waals surface area (Å²) >= 11 is 0. The number of nitriles is 1. The molecule has 2 rings (SSSR count). The van der Waals surface area contributed by atoms with E-state index in [0.717, 1.165) is 6.20 Å². The van der Waals surface area contributed by atoms with E-state index in [4.69, 9.17) is 9.78 Å². The summed E-state index contributed by atoms with van der Waals surface area (Å²) in [5.41, 5.74) is 0.438. The number of halogens is 1. The average Bonchev–Trinajstić information content (AvgIpc) is 2.76. The van der Waals surface area contributed by atoms with E-state index in [1.54, 1.807) is 0 Å². The Morgan fingerprint density at radius 2 is 2.31 bits per heavy atom. The number of hydrogen-bond acceptors (Lipinski definition) is 5. The summed E-state index contributed by atoms with van der Waals surface area (Å²) in [4.78, 5) is 7.85. The smallest absolute Gasteiger partial charge is 0.228 e. The summed E-state index contributed by atoms with van der Waals surface area (Å²) in [5.74, 6) is 0.257. The first-order chi connectivity index (χ1) is 7.79. The lowest BCUT2D eigenvalue weighted by Gasteiger charge is -1.91. The van der Waals surface area contributed by atoms with Crippen LogP contribution in [0.4, 0.5) is 4.39 Å². The molecule has 0 aromatic carbocycles. The van der Waals surface area contributed by atoms with Crippen molar-refractivity contribution in [1.82, 2.24) is 15.1 Å². The Bertz CT molecular complexity index is 514. The Morgan fingerprint density at radius 1 is 1.44 bits per heavy atom. The lowest BCUT2D eigenvalue weighted by atomic mass is 10.3. The van der Waals surface area contributed by atoms with Crippen LogP contribution in [0.5, 0.6) is 0 Å². The topological polar surface area (TPSA) is 75.6 Å². The third-order valence-corrected chi connectivity index (χ3v) is 1.88. The number of aromatic nitrogens is 3. The van der Waals surface area contributed by atoms with Crippen LogP contribution in [-0.4, -0.2) is 15.1 Å². The first-order valence-electron chi connectivity index (χ1n) is 4.61. The van der Waals surface area contributed by atoms with Crippen LogP contribution in [0.1, 0.15) is 12.3 Å². The van der Waals surface area contributed by atoms with E-state index < -0.39 is 5.82 Å². The zero-order valence-electron chi connectivity index (χ0n) is 8.22. The number of hydrogen-bond donors (Lipinski definition) is 0. The molecule has 16 heavy (non-hydrogen) atoms. The van der Waals surface area contributed by atoms with Crippen LogP contribution < -0.4 is 0 Å². The van der Waals surface area contributed by atoms with Gasteiger partial charge in [-0.1, -0.05) is 5.16 Å². The van der Waals surface area contributed by atoms with Crippen molar-refractivity contribution in [1.29, 1.82) is 5.26 Å². The van der Waals surface area contributed by atoms with E-state index in [1.807, 2.05) is 6.07 Å². The third kappa shape index (κ3) is 2.20. The highest BCUT2D eigenvalue weighted by atomic mass is 19.1. The molecule has 0 aliphatic carbocycles. The second kappa shape index (κ2) is 4.49. The van der Waals surface area contributed by atoms with E-state index in [2.05, 4.69) is 15.1 Å². The maximum Gasteiger partial charge on any atom is 0.228 e. The molecular weight excluding hydrogens is 211 g/mol. The quantitative estimate of drug-likeness (QED) is 0.784. The zero-order valence-corrected chi connectivity index (χ0v) is 8.22. The van der Waals surface area contributed by atoms with Gasteiger partial charge in [0, 0.05) is 12.8 Å².